The molecule has 0 amide bonds. The zero-order valence-electron chi connectivity index (χ0n) is 12.4. The van der Waals surface area contributed by atoms with Gasteiger partial charge >= 0.3 is 0 Å². The summed E-state index contributed by atoms with van der Waals surface area (Å²) in [6.07, 6.45) is 0. The van der Waals surface area contributed by atoms with E-state index in [0.29, 0.717) is 0 Å². The highest BCUT2D eigenvalue weighted by atomic mass is 79.9. The first-order chi connectivity index (χ1) is 10.1. The van der Waals surface area contributed by atoms with Crippen molar-refractivity contribution < 1.29 is 4.42 Å². The van der Waals surface area contributed by atoms with Crippen LogP contribution in [0.1, 0.15) is 28.5 Å². The lowest BCUT2D eigenvalue weighted by atomic mass is 9.96. The van der Waals surface area contributed by atoms with E-state index in [2.05, 4.69) is 65.4 Å². The van der Waals surface area contributed by atoms with Gasteiger partial charge in [0.25, 0.3) is 0 Å². The van der Waals surface area contributed by atoms with Gasteiger partial charge in [0, 0.05) is 5.39 Å². The summed E-state index contributed by atoms with van der Waals surface area (Å²) in [6, 6.07) is 14.7. The third kappa shape index (κ3) is 2.52. The van der Waals surface area contributed by atoms with E-state index in [1.54, 1.807) is 0 Å². The Morgan fingerprint density at radius 2 is 1.86 bits per heavy atom. The van der Waals surface area contributed by atoms with Crippen LogP contribution in [-0.2, 0) is 0 Å². The largest absolute Gasteiger partial charge is 0.458 e. The Hall–Kier alpha value is -1.58. The number of rotatable bonds is 3. The number of hydrogen-bond acceptors (Lipinski definition) is 2. The molecule has 0 aliphatic heterocycles. The van der Waals surface area contributed by atoms with Crippen molar-refractivity contribution in [1.82, 2.24) is 5.32 Å². The van der Waals surface area contributed by atoms with E-state index in [-0.39, 0.29) is 6.04 Å². The predicted molar refractivity (Wildman–Crippen MR) is 90.7 cm³/mol. The quantitative estimate of drug-likeness (QED) is 0.713. The molecule has 1 heterocycles. The molecule has 3 heteroatoms. The van der Waals surface area contributed by atoms with Crippen molar-refractivity contribution in [2.24, 2.45) is 0 Å². The van der Waals surface area contributed by atoms with Gasteiger partial charge in [-0.05, 0) is 65.6 Å². The molecule has 108 valence electrons. The number of halogens is 1. The Bertz CT molecular complexity index is 791. The molecule has 2 aromatic carbocycles. The molecule has 0 saturated heterocycles. The van der Waals surface area contributed by atoms with Crippen molar-refractivity contribution in [3.05, 3.63) is 69.4 Å². The summed E-state index contributed by atoms with van der Waals surface area (Å²) >= 11 is 3.55. The van der Waals surface area contributed by atoms with Crippen molar-refractivity contribution in [2.75, 3.05) is 7.05 Å². The molecule has 0 bridgehead atoms. The second-order valence-corrected chi connectivity index (χ2v) is 6.17. The SMILES string of the molecule is CNC(c1cc2cccc(Br)c2o1)c1cccc(C)c1C. The van der Waals surface area contributed by atoms with Gasteiger partial charge in [0.2, 0.25) is 0 Å². The zero-order chi connectivity index (χ0) is 15.0. The fraction of sp³-hybridized carbons (Fsp3) is 0.222. The van der Waals surface area contributed by atoms with E-state index in [0.717, 1.165) is 21.2 Å². The van der Waals surface area contributed by atoms with E-state index < -0.39 is 0 Å². The molecule has 3 aromatic rings. The molecule has 1 aromatic heterocycles. The standard InChI is InChI=1S/C18H18BrNO/c1-11-6-4-8-14(12(11)2)17(20-3)16-10-13-7-5-9-15(19)18(13)21-16/h4-10,17,20H,1-3H3. The minimum absolute atomic E-state index is 0.0594. The average Bonchev–Trinajstić information content (AvgIpc) is 2.89. The van der Waals surface area contributed by atoms with Gasteiger partial charge in [0.15, 0.2) is 0 Å². The van der Waals surface area contributed by atoms with Gasteiger partial charge < -0.3 is 9.73 Å². The van der Waals surface area contributed by atoms with Gasteiger partial charge in [-0.1, -0.05) is 30.3 Å². The lowest BCUT2D eigenvalue weighted by Crippen LogP contribution is -2.18. The Morgan fingerprint density at radius 3 is 2.57 bits per heavy atom. The van der Waals surface area contributed by atoms with Crippen LogP contribution in [0.25, 0.3) is 11.0 Å². The number of hydrogen-bond donors (Lipinski definition) is 1. The highest BCUT2D eigenvalue weighted by Crippen LogP contribution is 2.33. The zero-order valence-corrected chi connectivity index (χ0v) is 14.0. The first-order valence-electron chi connectivity index (χ1n) is 7.03. The van der Waals surface area contributed by atoms with Crippen molar-refractivity contribution >= 4 is 26.9 Å². The summed E-state index contributed by atoms with van der Waals surface area (Å²) in [6.45, 7) is 4.30. The Balaban J connectivity index is 2.14. The predicted octanol–water partition coefficient (Wildman–Crippen LogP) is 5.12. The topological polar surface area (TPSA) is 25.2 Å². The normalized spacial score (nSPS) is 12.8. The van der Waals surface area contributed by atoms with E-state index in [1.807, 2.05) is 19.2 Å². The summed E-state index contributed by atoms with van der Waals surface area (Å²) < 4.78 is 7.08. The van der Waals surface area contributed by atoms with Crippen LogP contribution in [0.3, 0.4) is 0 Å². The van der Waals surface area contributed by atoms with Crippen molar-refractivity contribution in [3.8, 4) is 0 Å². The molecule has 1 unspecified atom stereocenters. The number of benzene rings is 2. The molecule has 1 N–H and O–H groups in total. The van der Waals surface area contributed by atoms with Crippen LogP contribution in [0.5, 0.6) is 0 Å². The Kier molecular flexibility index (Phi) is 3.87. The van der Waals surface area contributed by atoms with Gasteiger partial charge in [0.1, 0.15) is 11.3 Å². The highest BCUT2D eigenvalue weighted by Gasteiger charge is 2.19. The first kappa shape index (κ1) is 14.4. The Labute approximate surface area is 133 Å². The molecule has 2 nitrogen and oxygen atoms in total. The van der Waals surface area contributed by atoms with Gasteiger partial charge in [-0.2, -0.15) is 0 Å². The minimum Gasteiger partial charge on any atom is -0.458 e. The van der Waals surface area contributed by atoms with E-state index >= 15 is 0 Å². The van der Waals surface area contributed by atoms with Gasteiger partial charge in [-0.3, -0.25) is 0 Å². The average molecular weight is 344 g/mol. The fourth-order valence-corrected chi connectivity index (χ4v) is 3.19. The lowest BCUT2D eigenvalue weighted by molar-refractivity contribution is 0.489. The number of furan rings is 1. The molecule has 0 aliphatic rings. The smallest absolute Gasteiger partial charge is 0.148 e. The van der Waals surface area contributed by atoms with Crippen LogP contribution in [0.2, 0.25) is 0 Å². The molecule has 0 radical (unpaired) electrons. The minimum atomic E-state index is 0.0594. The highest BCUT2D eigenvalue weighted by molar-refractivity contribution is 9.10. The van der Waals surface area contributed by atoms with Crippen LogP contribution in [-0.4, -0.2) is 7.05 Å². The number of fused-ring (bicyclic) bond motifs is 1. The summed E-state index contributed by atoms with van der Waals surface area (Å²) in [4.78, 5) is 0. The van der Waals surface area contributed by atoms with Crippen LogP contribution in [0, 0.1) is 13.8 Å². The summed E-state index contributed by atoms with van der Waals surface area (Å²) in [7, 11) is 1.97. The van der Waals surface area contributed by atoms with Crippen LogP contribution in [0.4, 0.5) is 0 Å². The molecule has 1 atom stereocenters. The second kappa shape index (κ2) is 5.66. The Morgan fingerprint density at radius 1 is 1.10 bits per heavy atom. The molecule has 0 saturated carbocycles. The molecular formula is C18H18BrNO. The number of para-hydroxylation sites is 1. The monoisotopic (exact) mass is 343 g/mol. The third-order valence-corrected chi connectivity index (χ3v) is 4.67. The summed E-state index contributed by atoms with van der Waals surface area (Å²) in [5.41, 5.74) is 4.76. The summed E-state index contributed by atoms with van der Waals surface area (Å²) in [5, 5.41) is 4.49. The van der Waals surface area contributed by atoms with Crippen LogP contribution < -0.4 is 5.32 Å². The maximum atomic E-state index is 6.09. The maximum absolute atomic E-state index is 6.09. The lowest BCUT2D eigenvalue weighted by Gasteiger charge is -2.17. The molecule has 0 spiro atoms. The number of aryl methyl sites for hydroxylation is 1. The van der Waals surface area contributed by atoms with Crippen LogP contribution in [0.15, 0.2) is 51.4 Å². The second-order valence-electron chi connectivity index (χ2n) is 5.32. The molecule has 3 rings (SSSR count). The van der Waals surface area contributed by atoms with Gasteiger partial charge in [-0.25, -0.2) is 0 Å². The van der Waals surface area contributed by atoms with Gasteiger partial charge in [-0.15, -0.1) is 0 Å². The van der Waals surface area contributed by atoms with Crippen LogP contribution >= 0.6 is 15.9 Å². The number of nitrogens with one attached hydrogen (secondary N) is 1. The van der Waals surface area contributed by atoms with Gasteiger partial charge in [0.05, 0.1) is 10.5 Å². The van der Waals surface area contributed by atoms with E-state index in [1.165, 1.54) is 16.7 Å². The fourth-order valence-electron chi connectivity index (χ4n) is 2.73. The van der Waals surface area contributed by atoms with E-state index in [4.69, 9.17) is 4.42 Å². The van der Waals surface area contributed by atoms with Crippen molar-refractivity contribution in [3.63, 3.8) is 0 Å². The first-order valence-corrected chi connectivity index (χ1v) is 7.82. The van der Waals surface area contributed by atoms with E-state index in [9.17, 15) is 0 Å². The molecule has 0 fully saturated rings. The molecular weight excluding hydrogens is 326 g/mol. The van der Waals surface area contributed by atoms with Crippen molar-refractivity contribution in [1.29, 1.82) is 0 Å². The molecule has 0 aliphatic carbocycles. The summed E-state index contributed by atoms with van der Waals surface area (Å²) in [5.74, 6) is 0.938. The molecule has 21 heavy (non-hydrogen) atoms. The third-order valence-electron chi connectivity index (χ3n) is 4.05. The maximum Gasteiger partial charge on any atom is 0.148 e. The van der Waals surface area contributed by atoms with Crippen molar-refractivity contribution in [2.45, 2.75) is 19.9 Å².